The molecule has 0 heterocycles. The van der Waals surface area contributed by atoms with Crippen LogP contribution in [0.15, 0.2) is 17.0 Å². The minimum atomic E-state index is -4.31. The smallest absolute Gasteiger partial charge is 0.241 e. The molecule has 1 aromatic carbocycles. The van der Waals surface area contributed by atoms with E-state index in [0.29, 0.717) is 0 Å². The van der Waals surface area contributed by atoms with Crippen LogP contribution in [0.1, 0.15) is 20.8 Å². The van der Waals surface area contributed by atoms with Crippen molar-refractivity contribution in [3.8, 4) is 5.75 Å². The molecule has 5 nitrogen and oxygen atoms in total. The monoisotopic (exact) mass is 309 g/mol. The van der Waals surface area contributed by atoms with Crippen molar-refractivity contribution in [2.75, 3.05) is 13.2 Å². The van der Waals surface area contributed by atoms with E-state index in [0.717, 1.165) is 12.1 Å². The van der Waals surface area contributed by atoms with E-state index in [1.165, 1.54) is 0 Å². The van der Waals surface area contributed by atoms with Crippen LogP contribution in [0.2, 0.25) is 0 Å². The van der Waals surface area contributed by atoms with Crippen LogP contribution in [0.3, 0.4) is 0 Å². The van der Waals surface area contributed by atoms with E-state index in [-0.39, 0.29) is 18.8 Å². The van der Waals surface area contributed by atoms with Gasteiger partial charge < -0.3 is 9.47 Å². The van der Waals surface area contributed by atoms with Crippen molar-refractivity contribution < 1.29 is 26.7 Å². The van der Waals surface area contributed by atoms with E-state index in [2.05, 4.69) is 0 Å². The predicted molar refractivity (Wildman–Crippen MR) is 68.9 cm³/mol. The fourth-order valence-corrected chi connectivity index (χ4v) is 1.94. The summed E-state index contributed by atoms with van der Waals surface area (Å²) >= 11 is 0. The zero-order valence-corrected chi connectivity index (χ0v) is 12.3. The molecular formula is C12H17F2NO4S. The first-order valence-corrected chi connectivity index (χ1v) is 7.34. The highest BCUT2D eigenvalue weighted by atomic mass is 32.2. The van der Waals surface area contributed by atoms with Crippen LogP contribution in [-0.2, 0) is 14.8 Å². The Balaban J connectivity index is 2.77. The molecule has 0 aliphatic rings. The third-order valence-corrected chi connectivity index (χ3v) is 3.12. The third-order valence-electron chi connectivity index (χ3n) is 2.19. The standard InChI is InChI=1S/C12H17F2NO4S/c1-12(2,3)19-7-6-18-8-4-5-9(20(15,16)17)11(14)10(8)13/h4-5H,6-7H2,1-3H3,(H2,15,16,17). The first kappa shape index (κ1) is 16.8. The van der Waals surface area contributed by atoms with Gasteiger partial charge in [-0.3, -0.25) is 0 Å². The Bertz CT molecular complexity index is 582. The van der Waals surface area contributed by atoms with Crippen molar-refractivity contribution in [2.24, 2.45) is 5.14 Å². The topological polar surface area (TPSA) is 78.6 Å². The third kappa shape index (κ3) is 4.69. The molecule has 0 aliphatic heterocycles. The van der Waals surface area contributed by atoms with Gasteiger partial charge in [0, 0.05) is 0 Å². The molecule has 8 heteroatoms. The molecule has 0 aliphatic carbocycles. The minimum Gasteiger partial charge on any atom is -0.488 e. The summed E-state index contributed by atoms with van der Waals surface area (Å²) in [5.74, 6) is -3.35. The quantitative estimate of drug-likeness (QED) is 0.841. The van der Waals surface area contributed by atoms with Crippen molar-refractivity contribution in [1.82, 2.24) is 0 Å². The Morgan fingerprint density at radius 2 is 1.75 bits per heavy atom. The number of hydrogen-bond donors (Lipinski definition) is 1. The molecule has 0 atom stereocenters. The van der Waals surface area contributed by atoms with Gasteiger partial charge >= 0.3 is 0 Å². The molecule has 0 unspecified atom stereocenters. The summed E-state index contributed by atoms with van der Waals surface area (Å²) in [4.78, 5) is -0.909. The molecule has 0 spiro atoms. The largest absolute Gasteiger partial charge is 0.488 e. The molecule has 1 aromatic rings. The number of benzene rings is 1. The van der Waals surface area contributed by atoms with Gasteiger partial charge in [0.15, 0.2) is 11.6 Å². The predicted octanol–water partition coefficient (Wildman–Crippen LogP) is 1.81. The highest BCUT2D eigenvalue weighted by Crippen LogP contribution is 2.24. The number of sulfonamides is 1. The molecule has 0 bridgehead atoms. The Kier molecular flexibility index (Phi) is 5.06. The second-order valence-corrected chi connectivity index (χ2v) is 6.57. The van der Waals surface area contributed by atoms with E-state index in [1.807, 2.05) is 20.8 Å². The van der Waals surface area contributed by atoms with E-state index in [1.54, 1.807) is 0 Å². The summed E-state index contributed by atoms with van der Waals surface area (Å²) in [5.41, 5.74) is -0.370. The molecular weight excluding hydrogens is 292 g/mol. The lowest BCUT2D eigenvalue weighted by molar-refractivity contribution is -0.0167. The molecule has 0 saturated carbocycles. The van der Waals surface area contributed by atoms with Gasteiger partial charge in [0.1, 0.15) is 11.5 Å². The Labute approximate surface area is 116 Å². The summed E-state index contributed by atoms with van der Waals surface area (Å²) in [7, 11) is -4.31. The number of primary sulfonamides is 1. The maximum absolute atomic E-state index is 13.6. The summed E-state index contributed by atoms with van der Waals surface area (Å²) in [6, 6.07) is 1.86. The number of nitrogens with two attached hydrogens (primary N) is 1. The van der Waals surface area contributed by atoms with E-state index in [9.17, 15) is 17.2 Å². The van der Waals surface area contributed by atoms with E-state index in [4.69, 9.17) is 14.6 Å². The van der Waals surface area contributed by atoms with Gasteiger partial charge in [-0.25, -0.2) is 17.9 Å². The van der Waals surface area contributed by atoms with Gasteiger partial charge in [-0.2, -0.15) is 4.39 Å². The molecule has 1 rings (SSSR count). The molecule has 0 fully saturated rings. The molecule has 0 amide bonds. The van der Waals surface area contributed by atoms with Gasteiger partial charge in [0.25, 0.3) is 0 Å². The van der Waals surface area contributed by atoms with Gasteiger partial charge in [-0.15, -0.1) is 0 Å². The van der Waals surface area contributed by atoms with E-state index < -0.39 is 32.3 Å². The first-order chi connectivity index (χ1) is 9.02. The van der Waals surface area contributed by atoms with Crippen LogP contribution in [-0.4, -0.2) is 27.2 Å². The molecule has 114 valence electrons. The zero-order chi connectivity index (χ0) is 15.6. The maximum atomic E-state index is 13.6. The molecule has 2 N–H and O–H groups in total. The lowest BCUT2D eigenvalue weighted by atomic mass is 10.2. The van der Waals surface area contributed by atoms with Gasteiger partial charge in [-0.05, 0) is 32.9 Å². The number of halogens is 2. The lowest BCUT2D eigenvalue weighted by Gasteiger charge is -2.19. The highest BCUT2D eigenvalue weighted by Gasteiger charge is 2.21. The van der Waals surface area contributed by atoms with Gasteiger partial charge in [0.2, 0.25) is 15.8 Å². The van der Waals surface area contributed by atoms with E-state index >= 15 is 0 Å². The second kappa shape index (κ2) is 6.02. The lowest BCUT2D eigenvalue weighted by Crippen LogP contribution is -2.22. The normalized spacial score (nSPS) is 12.5. The molecule has 0 radical (unpaired) electrons. The zero-order valence-electron chi connectivity index (χ0n) is 11.4. The fourth-order valence-electron chi connectivity index (χ4n) is 1.34. The minimum absolute atomic E-state index is 0.00233. The van der Waals surface area contributed by atoms with Crippen LogP contribution in [0.25, 0.3) is 0 Å². The Morgan fingerprint density at radius 1 is 1.15 bits per heavy atom. The SMILES string of the molecule is CC(C)(C)OCCOc1ccc(S(N)(=O)=O)c(F)c1F. The molecule has 20 heavy (non-hydrogen) atoms. The maximum Gasteiger partial charge on any atom is 0.241 e. The Morgan fingerprint density at radius 3 is 2.25 bits per heavy atom. The van der Waals surface area contributed by atoms with Crippen molar-refractivity contribution in [3.63, 3.8) is 0 Å². The molecule has 0 saturated heterocycles. The van der Waals surface area contributed by atoms with Crippen molar-refractivity contribution in [2.45, 2.75) is 31.3 Å². The van der Waals surface area contributed by atoms with Crippen LogP contribution in [0.4, 0.5) is 8.78 Å². The van der Waals surface area contributed by atoms with Crippen molar-refractivity contribution >= 4 is 10.0 Å². The average Bonchev–Trinajstić information content (AvgIpc) is 2.26. The van der Waals surface area contributed by atoms with Crippen LogP contribution in [0.5, 0.6) is 5.75 Å². The van der Waals surface area contributed by atoms with Crippen LogP contribution >= 0.6 is 0 Å². The van der Waals surface area contributed by atoms with Gasteiger partial charge in [0.05, 0.1) is 12.2 Å². The summed E-state index contributed by atoms with van der Waals surface area (Å²) in [5, 5.41) is 4.75. The fraction of sp³-hybridized carbons (Fsp3) is 0.500. The summed E-state index contributed by atoms with van der Waals surface area (Å²) < 4.78 is 59.4. The van der Waals surface area contributed by atoms with Crippen LogP contribution in [0, 0.1) is 11.6 Å². The molecule has 0 aromatic heterocycles. The average molecular weight is 309 g/mol. The summed E-state index contributed by atoms with van der Waals surface area (Å²) in [6.45, 7) is 5.71. The van der Waals surface area contributed by atoms with Crippen molar-refractivity contribution in [1.29, 1.82) is 0 Å². The number of hydrogen-bond acceptors (Lipinski definition) is 4. The second-order valence-electron chi connectivity index (χ2n) is 5.04. The Hall–Kier alpha value is -1.25. The first-order valence-electron chi connectivity index (χ1n) is 5.80. The number of rotatable bonds is 5. The van der Waals surface area contributed by atoms with Gasteiger partial charge in [-0.1, -0.05) is 0 Å². The number of ether oxygens (including phenoxy) is 2. The summed E-state index contributed by atoms with van der Waals surface area (Å²) in [6.07, 6.45) is 0. The van der Waals surface area contributed by atoms with Crippen molar-refractivity contribution in [3.05, 3.63) is 23.8 Å². The highest BCUT2D eigenvalue weighted by molar-refractivity contribution is 7.89. The van der Waals surface area contributed by atoms with Crippen LogP contribution < -0.4 is 9.88 Å².